The number of carbonyl (C=O) groups is 1. The van der Waals surface area contributed by atoms with E-state index in [1.54, 1.807) is 6.92 Å². The van der Waals surface area contributed by atoms with Crippen molar-refractivity contribution in [1.29, 1.82) is 0 Å². The lowest BCUT2D eigenvalue weighted by atomic mass is 10.1. The maximum absolute atomic E-state index is 13.3. The molecule has 0 saturated carbocycles. The Morgan fingerprint density at radius 2 is 1.96 bits per heavy atom. The molecule has 2 rings (SSSR count). The van der Waals surface area contributed by atoms with Gasteiger partial charge in [-0.2, -0.15) is 13.2 Å². The number of alkyl halides is 3. The number of aromatic nitrogens is 1. The standard InChI is InChI=1S/C16H14F4N2O2/c1-3-9-6-10(17)4-5-12(9)22-13-8-21-14(16(18,19)20)7-11(13)15(23)24-2/h4-8,22H,3H2,1-2H3. The number of pyridine rings is 1. The van der Waals surface area contributed by atoms with E-state index in [1.165, 1.54) is 18.2 Å². The van der Waals surface area contributed by atoms with Gasteiger partial charge in [0.05, 0.1) is 24.6 Å². The zero-order chi connectivity index (χ0) is 17.9. The Balaban J connectivity index is 2.48. The highest BCUT2D eigenvalue weighted by Gasteiger charge is 2.34. The van der Waals surface area contributed by atoms with E-state index in [-0.39, 0.29) is 11.3 Å². The molecule has 0 bridgehead atoms. The van der Waals surface area contributed by atoms with Crippen molar-refractivity contribution >= 4 is 17.3 Å². The third-order valence-electron chi connectivity index (χ3n) is 3.32. The first-order valence-electron chi connectivity index (χ1n) is 6.97. The molecule has 0 aliphatic carbocycles. The number of rotatable bonds is 4. The number of nitrogens with zero attached hydrogens (tertiary/aromatic N) is 1. The molecule has 0 radical (unpaired) electrons. The van der Waals surface area contributed by atoms with Crippen molar-refractivity contribution in [2.45, 2.75) is 19.5 Å². The van der Waals surface area contributed by atoms with Gasteiger partial charge in [-0.15, -0.1) is 0 Å². The van der Waals surface area contributed by atoms with Gasteiger partial charge in [-0.05, 0) is 36.2 Å². The molecule has 0 aliphatic heterocycles. The van der Waals surface area contributed by atoms with E-state index in [1.807, 2.05) is 0 Å². The molecular formula is C16H14F4N2O2. The monoisotopic (exact) mass is 342 g/mol. The van der Waals surface area contributed by atoms with Crippen LogP contribution in [0.5, 0.6) is 0 Å². The second kappa shape index (κ2) is 6.86. The number of aryl methyl sites for hydroxylation is 1. The largest absolute Gasteiger partial charge is 0.465 e. The van der Waals surface area contributed by atoms with Crippen LogP contribution in [0.15, 0.2) is 30.5 Å². The molecule has 1 aromatic carbocycles. The van der Waals surface area contributed by atoms with Crippen LogP contribution in [0.3, 0.4) is 0 Å². The van der Waals surface area contributed by atoms with Gasteiger partial charge in [-0.25, -0.2) is 14.2 Å². The highest BCUT2D eigenvalue weighted by Crippen LogP contribution is 2.31. The number of nitrogens with one attached hydrogen (secondary N) is 1. The summed E-state index contributed by atoms with van der Waals surface area (Å²) in [4.78, 5) is 15.1. The lowest BCUT2D eigenvalue weighted by molar-refractivity contribution is -0.141. The molecule has 128 valence electrons. The van der Waals surface area contributed by atoms with Gasteiger partial charge in [0.25, 0.3) is 0 Å². The summed E-state index contributed by atoms with van der Waals surface area (Å²) in [5.41, 5.74) is -0.415. The predicted molar refractivity (Wildman–Crippen MR) is 79.6 cm³/mol. The van der Waals surface area contributed by atoms with Gasteiger partial charge < -0.3 is 10.1 Å². The molecule has 1 N–H and O–H groups in total. The summed E-state index contributed by atoms with van der Waals surface area (Å²) in [6.45, 7) is 1.80. The van der Waals surface area contributed by atoms with Crippen molar-refractivity contribution in [1.82, 2.24) is 4.98 Å². The Bertz CT molecular complexity index is 760. The smallest absolute Gasteiger partial charge is 0.433 e. The summed E-state index contributed by atoms with van der Waals surface area (Å²) in [6, 6.07) is 4.56. The molecule has 2 aromatic rings. The number of esters is 1. The summed E-state index contributed by atoms with van der Waals surface area (Å²) in [5, 5.41) is 2.82. The lowest BCUT2D eigenvalue weighted by Gasteiger charge is -2.15. The second-order valence-corrected chi connectivity index (χ2v) is 4.88. The average Bonchev–Trinajstić information content (AvgIpc) is 2.55. The fourth-order valence-corrected chi connectivity index (χ4v) is 2.11. The van der Waals surface area contributed by atoms with Gasteiger partial charge in [0.1, 0.15) is 11.5 Å². The average molecular weight is 342 g/mol. The predicted octanol–water partition coefficient (Wildman–Crippen LogP) is 4.33. The van der Waals surface area contributed by atoms with Gasteiger partial charge in [0.15, 0.2) is 0 Å². The van der Waals surface area contributed by atoms with Gasteiger partial charge in [0.2, 0.25) is 0 Å². The fourth-order valence-electron chi connectivity index (χ4n) is 2.11. The molecule has 1 aromatic heterocycles. The first-order chi connectivity index (χ1) is 11.3. The molecule has 0 amide bonds. The maximum Gasteiger partial charge on any atom is 0.433 e. The van der Waals surface area contributed by atoms with Crippen LogP contribution in [0, 0.1) is 5.82 Å². The molecule has 24 heavy (non-hydrogen) atoms. The summed E-state index contributed by atoms with van der Waals surface area (Å²) in [5.74, 6) is -1.37. The molecule has 0 spiro atoms. The first-order valence-corrected chi connectivity index (χ1v) is 6.97. The number of methoxy groups -OCH3 is 1. The minimum absolute atomic E-state index is 0.0381. The van der Waals surface area contributed by atoms with Gasteiger partial charge in [0, 0.05) is 5.69 Å². The van der Waals surface area contributed by atoms with Crippen LogP contribution in [0.1, 0.15) is 28.5 Å². The quantitative estimate of drug-likeness (QED) is 0.664. The number of carbonyl (C=O) groups excluding carboxylic acids is 1. The Morgan fingerprint density at radius 3 is 2.54 bits per heavy atom. The van der Waals surface area contributed by atoms with Crippen LogP contribution in [0.25, 0.3) is 0 Å². The summed E-state index contributed by atoms with van der Waals surface area (Å²) in [7, 11) is 1.06. The van der Waals surface area contributed by atoms with E-state index in [9.17, 15) is 22.4 Å². The van der Waals surface area contributed by atoms with Gasteiger partial charge >= 0.3 is 12.1 Å². The highest BCUT2D eigenvalue weighted by atomic mass is 19.4. The van der Waals surface area contributed by atoms with E-state index in [0.717, 1.165) is 13.3 Å². The van der Waals surface area contributed by atoms with Crippen molar-refractivity contribution in [3.05, 3.63) is 53.1 Å². The molecular weight excluding hydrogens is 328 g/mol. The minimum Gasteiger partial charge on any atom is -0.465 e. The first kappa shape index (κ1) is 17.7. The van der Waals surface area contributed by atoms with Crippen LogP contribution in [0.4, 0.5) is 28.9 Å². The highest BCUT2D eigenvalue weighted by molar-refractivity contribution is 5.96. The Hall–Kier alpha value is -2.64. The van der Waals surface area contributed by atoms with Crippen LogP contribution in [0.2, 0.25) is 0 Å². The molecule has 0 atom stereocenters. The molecule has 0 unspecified atom stereocenters. The van der Waals surface area contributed by atoms with Crippen molar-refractivity contribution in [2.24, 2.45) is 0 Å². The van der Waals surface area contributed by atoms with Crippen molar-refractivity contribution in [2.75, 3.05) is 12.4 Å². The third kappa shape index (κ3) is 3.81. The van der Waals surface area contributed by atoms with Crippen LogP contribution < -0.4 is 5.32 Å². The molecule has 0 aliphatic rings. The fraction of sp³-hybridized carbons (Fsp3) is 0.250. The summed E-state index contributed by atoms with van der Waals surface area (Å²) >= 11 is 0. The minimum atomic E-state index is -4.69. The summed E-state index contributed by atoms with van der Waals surface area (Å²) < 4.78 is 56.1. The molecule has 0 fully saturated rings. The summed E-state index contributed by atoms with van der Waals surface area (Å²) in [6.07, 6.45) is -3.30. The third-order valence-corrected chi connectivity index (χ3v) is 3.32. The van der Waals surface area contributed by atoms with E-state index in [4.69, 9.17) is 0 Å². The molecule has 1 heterocycles. The number of anilines is 2. The second-order valence-electron chi connectivity index (χ2n) is 4.88. The van der Waals surface area contributed by atoms with Crippen molar-refractivity contribution in [3.8, 4) is 0 Å². The number of ether oxygens (including phenoxy) is 1. The number of hydrogen-bond donors (Lipinski definition) is 1. The number of hydrogen-bond acceptors (Lipinski definition) is 4. The van der Waals surface area contributed by atoms with E-state index in [2.05, 4.69) is 15.0 Å². The van der Waals surface area contributed by atoms with Crippen molar-refractivity contribution < 1.29 is 27.1 Å². The normalized spacial score (nSPS) is 11.2. The molecule has 8 heteroatoms. The lowest BCUT2D eigenvalue weighted by Crippen LogP contribution is -2.13. The van der Waals surface area contributed by atoms with Crippen LogP contribution >= 0.6 is 0 Å². The molecule has 4 nitrogen and oxygen atoms in total. The maximum atomic E-state index is 13.3. The van der Waals surface area contributed by atoms with Gasteiger partial charge in [-0.3, -0.25) is 0 Å². The zero-order valence-corrected chi connectivity index (χ0v) is 12.9. The molecule has 0 saturated heterocycles. The number of halogens is 4. The van der Waals surface area contributed by atoms with Crippen LogP contribution in [-0.4, -0.2) is 18.1 Å². The zero-order valence-electron chi connectivity index (χ0n) is 12.9. The van der Waals surface area contributed by atoms with Crippen LogP contribution in [-0.2, 0) is 17.3 Å². The Kier molecular flexibility index (Phi) is 5.06. The van der Waals surface area contributed by atoms with E-state index in [0.29, 0.717) is 23.7 Å². The SMILES string of the molecule is CCc1cc(F)ccc1Nc1cnc(C(F)(F)F)cc1C(=O)OC. The van der Waals surface area contributed by atoms with Crippen molar-refractivity contribution in [3.63, 3.8) is 0 Å². The van der Waals surface area contributed by atoms with E-state index < -0.39 is 23.7 Å². The number of benzene rings is 1. The topological polar surface area (TPSA) is 51.2 Å². The van der Waals surface area contributed by atoms with E-state index >= 15 is 0 Å². The van der Waals surface area contributed by atoms with Gasteiger partial charge in [-0.1, -0.05) is 6.92 Å². The Morgan fingerprint density at radius 1 is 1.25 bits per heavy atom. The Labute approximate surface area is 135 Å².